The van der Waals surface area contributed by atoms with E-state index in [1.54, 1.807) is 18.4 Å². The zero-order chi connectivity index (χ0) is 12.7. The Hall–Kier alpha value is -0.490. The van der Waals surface area contributed by atoms with Crippen LogP contribution in [0.15, 0.2) is 0 Å². The highest BCUT2D eigenvalue weighted by Crippen LogP contribution is 2.18. The molecule has 0 fully saturated rings. The lowest BCUT2D eigenvalue weighted by Crippen LogP contribution is -2.14. The van der Waals surface area contributed by atoms with Crippen LogP contribution in [0, 0.1) is 13.8 Å². The summed E-state index contributed by atoms with van der Waals surface area (Å²) in [6.45, 7) is 5.79. The molecular formula is C12H21NO3S. The molecule has 1 heterocycles. The Balaban J connectivity index is 2.18. The van der Waals surface area contributed by atoms with Crippen LogP contribution in [-0.2, 0) is 15.9 Å². The van der Waals surface area contributed by atoms with Gasteiger partial charge in [-0.1, -0.05) is 0 Å². The molecule has 0 aliphatic carbocycles. The number of hydrogen-bond acceptors (Lipinski definition) is 5. The Morgan fingerprint density at radius 2 is 2.06 bits per heavy atom. The van der Waals surface area contributed by atoms with Gasteiger partial charge in [0.1, 0.15) is 0 Å². The average Bonchev–Trinajstić information content (AvgIpc) is 2.57. The van der Waals surface area contributed by atoms with Crippen molar-refractivity contribution < 1.29 is 14.6 Å². The van der Waals surface area contributed by atoms with Gasteiger partial charge >= 0.3 is 0 Å². The molecule has 0 aliphatic heterocycles. The summed E-state index contributed by atoms with van der Waals surface area (Å²) in [7, 11) is 1.64. The number of methoxy groups -OCH3 is 1. The highest BCUT2D eigenvalue weighted by molar-refractivity contribution is 7.11. The van der Waals surface area contributed by atoms with Crippen LogP contribution in [-0.4, -0.2) is 43.1 Å². The highest BCUT2D eigenvalue weighted by atomic mass is 32.1. The minimum absolute atomic E-state index is 0.373. The molecule has 1 N–H and O–H groups in total. The summed E-state index contributed by atoms with van der Waals surface area (Å²) in [5.41, 5.74) is 1.06. The largest absolute Gasteiger partial charge is 0.393 e. The maximum atomic E-state index is 9.81. The number of nitrogens with zero attached hydrogens (tertiary/aromatic N) is 1. The molecule has 0 amide bonds. The fraction of sp³-hybridized carbons (Fsp3) is 0.750. The summed E-state index contributed by atoms with van der Waals surface area (Å²) in [6.07, 6.45) is 0.886. The molecule has 1 rings (SSSR count). The first-order chi connectivity index (χ1) is 8.13. The Bertz CT molecular complexity index is 308. The Morgan fingerprint density at radius 3 is 2.65 bits per heavy atom. The third-order valence-corrected chi connectivity index (χ3v) is 3.61. The fourth-order valence-electron chi connectivity index (χ4n) is 1.39. The average molecular weight is 259 g/mol. The molecule has 17 heavy (non-hydrogen) atoms. The SMILES string of the molecule is COCCOCCC(O)Cc1nc(C)c(C)s1. The van der Waals surface area contributed by atoms with Gasteiger partial charge in [0.05, 0.1) is 30.0 Å². The highest BCUT2D eigenvalue weighted by Gasteiger charge is 2.10. The summed E-state index contributed by atoms with van der Waals surface area (Å²) in [6, 6.07) is 0. The van der Waals surface area contributed by atoms with E-state index in [1.807, 2.05) is 6.92 Å². The van der Waals surface area contributed by atoms with Gasteiger partial charge in [-0.2, -0.15) is 0 Å². The number of aliphatic hydroxyl groups excluding tert-OH is 1. The molecule has 1 aromatic rings. The quantitative estimate of drug-likeness (QED) is 0.722. The number of aryl methyl sites for hydroxylation is 2. The predicted molar refractivity (Wildman–Crippen MR) is 68.6 cm³/mol. The van der Waals surface area contributed by atoms with Crippen molar-refractivity contribution >= 4 is 11.3 Å². The topological polar surface area (TPSA) is 51.6 Å². The second kappa shape index (κ2) is 7.76. The van der Waals surface area contributed by atoms with Crippen molar-refractivity contribution in [3.8, 4) is 0 Å². The summed E-state index contributed by atoms with van der Waals surface area (Å²) in [4.78, 5) is 5.63. The molecule has 98 valence electrons. The van der Waals surface area contributed by atoms with E-state index in [2.05, 4.69) is 11.9 Å². The Morgan fingerprint density at radius 1 is 1.29 bits per heavy atom. The molecule has 4 nitrogen and oxygen atoms in total. The van der Waals surface area contributed by atoms with Crippen molar-refractivity contribution in [3.63, 3.8) is 0 Å². The number of ether oxygens (including phenoxy) is 2. The van der Waals surface area contributed by atoms with Gasteiger partial charge in [0.15, 0.2) is 0 Å². The molecule has 0 radical (unpaired) electrons. The van der Waals surface area contributed by atoms with E-state index in [0.717, 1.165) is 10.7 Å². The molecule has 0 aromatic carbocycles. The first-order valence-electron chi connectivity index (χ1n) is 5.81. The lowest BCUT2D eigenvalue weighted by molar-refractivity contribution is 0.0479. The maximum Gasteiger partial charge on any atom is 0.0956 e. The zero-order valence-corrected chi connectivity index (χ0v) is 11.5. The third-order valence-electron chi connectivity index (χ3n) is 2.51. The van der Waals surface area contributed by atoms with Gasteiger partial charge in [-0.25, -0.2) is 4.98 Å². The van der Waals surface area contributed by atoms with E-state index in [4.69, 9.17) is 9.47 Å². The van der Waals surface area contributed by atoms with Crippen molar-refractivity contribution in [1.82, 2.24) is 4.98 Å². The minimum Gasteiger partial charge on any atom is -0.393 e. The lowest BCUT2D eigenvalue weighted by atomic mass is 10.2. The number of hydrogen-bond donors (Lipinski definition) is 1. The number of thiazole rings is 1. The monoisotopic (exact) mass is 259 g/mol. The van der Waals surface area contributed by atoms with Crippen LogP contribution in [0.1, 0.15) is 22.0 Å². The molecule has 1 aromatic heterocycles. The second-order valence-electron chi connectivity index (χ2n) is 4.00. The maximum absolute atomic E-state index is 9.81. The van der Waals surface area contributed by atoms with E-state index >= 15 is 0 Å². The molecule has 0 aliphatic rings. The van der Waals surface area contributed by atoms with Crippen molar-refractivity contribution in [2.45, 2.75) is 32.8 Å². The van der Waals surface area contributed by atoms with Crippen LogP contribution in [0.2, 0.25) is 0 Å². The van der Waals surface area contributed by atoms with Crippen LogP contribution in [0.25, 0.3) is 0 Å². The first kappa shape index (κ1) is 14.6. The Labute approximate surface area is 107 Å². The first-order valence-corrected chi connectivity index (χ1v) is 6.62. The fourth-order valence-corrected chi connectivity index (χ4v) is 2.40. The second-order valence-corrected chi connectivity index (χ2v) is 5.29. The van der Waals surface area contributed by atoms with Crippen molar-refractivity contribution in [2.24, 2.45) is 0 Å². The Kier molecular flexibility index (Phi) is 6.65. The van der Waals surface area contributed by atoms with E-state index in [0.29, 0.717) is 32.7 Å². The molecule has 0 saturated carbocycles. The standard InChI is InChI=1S/C12H21NO3S/c1-9-10(2)17-12(13-9)8-11(14)4-5-16-7-6-15-3/h11,14H,4-8H2,1-3H3. The van der Waals surface area contributed by atoms with E-state index < -0.39 is 0 Å². The summed E-state index contributed by atoms with van der Waals surface area (Å²) in [5, 5.41) is 10.8. The van der Waals surface area contributed by atoms with Crippen molar-refractivity contribution in [3.05, 3.63) is 15.6 Å². The molecular weight excluding hydrogens is 238 g/mol. The van der Waals surface area contributed by atoms with Crippen molar-refractivity contribution in [1.29, 1.82) is 0 Å². The molecule has 1 unspecified atom stereocenters. The van der Waals surface area contributed by atoms with E-state index in [1.165, 1.54) is 4.88 Å². The van der Waals surface area contributed by atoms with Gasteiger partial charge in [-0.05, 0) is 20.3 Å². The zero-order valence-electron chi connectivity index (χ0n) is 10.7. The van der Waals surface area contributed by atoms with Gasteiger partial charge in [0, 0.05) is 25.0 Å². The minimum atomic E-state index is -0.373. The van der Waals surface area contributed by atoms with Gasteiger partial charge in [-0.15, -0.1) is 11.3 Å². The van der Waals surface area contributed by atoms with E-state index in [9.17, 15) is 5.11 Å². The van der Waals surface area contributed by atoms with Gasteiger partial charge in [0.2, 0.25) is 0 Å². The lowest BCUT2D eigenvalue weighted by Gasteiger charge is -2.08. The number of aliphatic hydroxyl groups is 1. The third kappa shape index (κ3) is 5.59. The molecule has 0 spiro atoms. The smallest absolute Gasteiger partial charge is 0.0956 e. The predicted octanol–water partition coefficient (Wildman–Crippen LogP) is 1.72. The van der Waals surface area contributed by atoms with Crippen molar-refractivity contribution in [2.75, 3.05) is 26.9 Å². The molecule has 0 bridgehead atoms. The summed E-state index contributed by atoms with van der Waals surface area (Å²) < 4.78 is 10.2. The summed E-state index contributed by atoms with van der Waals surface area (Å²) >= 11 is 1.66. The van der Waals surface area contributed by atoms with E-state index in [-0.39, 0.29) is 6.10 Å². The van der Waals surface area contributed by atoms with Crippen LogP contribution >= 0.6 is 11.3 Å². The van der Waals surface area contributed by atoms with Crippen LogP contribution in [0.5, 0.6) is 0 Å². The normalized spacial score (nSPS) is 12.9. The van der Waals surface area contributed by atoms with Crippen LogP contribution in [0.3, 0.4) is 0 Å². The number of rotatable bonds is 8. The van der Waals surface area contributed by atoms with Gasteiger partial charge in [-0.3, -0.25) is 0 Å². The van der Waals surface area contributed by atoms with Gasteiger partial charge < -0.3 is 14.6 Å². The molecule has 5 heteroatoms. The molecule has 1 atom stereocenters. The molecule has 0 saturated heterocycles. The van der Waals surface area contributed by atoms with Crippen LogP contribution < -0.4 is 0 Å². The van der Waals surface area contributed by atoms with Gasteiger partial charge in [0.25, 0.3) is 0 Å². The number of aromatic nitrogens is 1. The summed E-state index contributed by atoms with van der Waals surface area (Å²) in [5.74, 6) is 0. The van der Waals surface area contributed by atoms with Crippen LogP contribution in [0.4, 0.5) is 0 Å².